The van der Waals surface area contributed by atoms with Crippen LogP contribution in [0.25, 0.3) is 0 Å². The predicted octanol–water partition coefficient (Wildman–Crippen LogP) is 8.19. The molecule has 0 fully saturated rings. The minimum Gasteiger partial charge on any atom is -0.457 e. The van der Waals surface area contributed by atoms with Crippen LogP contribution in [0, 0.1) is 6.92 Å². The maximum Gasteiger partial charge on any atom is 0.264 e. The zero-order valence-electron chi connectivity index (χ0n) is 29.1. The number of aryl methyl sites for hydroxylation is 1. The fourth-order valence-electron chi connectivity index (χ4n) is 5.51. The van der Waals surface area contributed by atoms with Crippen LogP contribution in [0.4, 0.5) is 5.69 Å². The van der Waals surface area contributed by atoms with Gasteiger partial charge >= 0.3 is 0 Å². The molecule has 0 heterocycles. The Morgan fingerprint density at radius 3 is 1.96 bits per heavy atom. The molecule has 1 atom stereocenters. The molecule has 0 aliphatic carbocycles. The first kappa shape index (κ1) is 37.1. The molecule has 0 saturated carbocycles. The highest BCUT2D eigenvalue weighted by Gasteiger charge is 2.35. The van der Waals surface area contributed by atoms with Crippen LogP contribution < -0.4 is 14.4 Å². The fraction of sp³-hybridized carbons (Fsp3) is 0.220. The maximum absolute atomic E-state index is 14.7. The lowest BCUT2D eigenvalue weighted by Crippen LogP contribution is -2.56. The van der Waals surface area contributed by atoms with Crippen molar-refractivity contribution in [1.29, 1.82) is 0 Å². The highest BCUT2D eigenvalue weighted by Crippen LogP contribution is 2.29. The van der Waals surface area contributed by atoms with Gasteiger partial charge in [-0.25, -0.2) is 8.42 Å². The number of carbonyl (C=O) groups is 2. The lowest BCUT2D eigenvalue weighted by atomic mass is 10.0. The summed E-state index contributed by atoms with van der Waals surface area (Å²) in [5, 5.41) is 3.51. The average molecular weight is 724 g/mol. The molecule has 0 radical (unpaired) electrons. The van der Waals surface area contributed by atoms with E-state index in [0.717, 1.165) is 15.4 Å². The van der Waals surface area contributed by atoms with Crippen LogP contribution in [0.3, 0.4) is 0 Å². The van der Waals surface area contributed by atoms with Gasteiger partial charge in [0, 0.05) is 23.5 Å². The standard InChI is InChI=1S/C41H42ClN3O5S/c1-30-18-24-37(25-19-30)51(48,49)45(34-20-22-36(23-21-34)50-35-16-9-6-10-17-35)29-39(46)44(28-32-14-11-15-33(42)26-32)38(40(47)43-41(2,3)4)27-31-12-7-5-8-13-31/h5-26,38H,27-29H2,1-4H3,(H,43,47)/t38-/m0/s1. The third kappa shape index (κ3) is 10.2. The zero-order chi connectivity index (χ0) is 36.6. The van der Waals surface area contributed by atoms with Crippen LogP contribution in [0.2, 0.25) is 5.02 Å². The van der Waals surface area contributed by atoms with E-state index < -0.39 is 34.1 Å². The molecule has 0 saturated heterocycles. The second-order valence-electron chi connectivity index (χ2n) is 13.3. The van der Waals surface area contributed by atoms with Gasteiger partial charge in [0.25, 0.3) is 10.0 Å². The first-order chi connectivity index (χ1) is 24.3. The number of hydrogen-bond donors (Lipinski definition) is 1. The van der Waals surface area contributed by atoms with Crippen molar-refractivity contribution in [3.8, 4) is 11.5 Å². The van der Waals surface area contributed by atoms with E-state index in [2.05, 4.69) is 5.32 Å². The minimum absolute atomic E-state index is 0.0106. The first-order valence-corrected chi connectivity index (χ1v) is 18.4. The molecule has 0 spiro atoms. The number of hydrogen-bond acceptors (Lipinski definition) is 5. The van der Waals surface area contributed by atoms with Crippen molar-refractivity contribution in [3.63, 3.8) is 0 Å². The average Bonchev–Trinajstić information content (AvgIpc) is 3.09. The summed E-state index contributed by atoms with van der Waals surface area (Å²) < 4.78 is 35.8. The quantitative estimate of drug-likeness (QED) is 0.132. The third-order valence-electron chi connectivity index (χ3n) is 8.00. The SMILES string of the molecule is Cc1ccc(S(=O)(=O)N(CC(=O)N(Cc2cccc(Cl)c2)[C@@H](Cc2ccccc2)C(=O)NC(C)(C)C)c2ccc(Oc3ccccc3)cc2)cc1. The zero-order valence-corrected chi connectivity index (χ0v) is 30.7. The van der Waals surface area contributed by atoms with E-state index in [-0.39, 0.29) is 29.5 Å². The number of nitrogens with zero attached hydrogens (tertiary/aromatic N) is 2. The van der Waals surface area contributed by atoms with Crippen molar-refractivity contribution in [1.82, 2.24) is 10.2 Å². The molecule has 10 heteroatoms. The van der Waals surface area contributed by atoms with E-state index in [0.29, 0.717) is 22.1 Å². The van der Waals surface area contributed by atoms with Crippen LogP contribution in [0.5, 0.6) is 11.5 Å². The molecule has 0 bridgehead atoms. The van der Waals surface area contributed by atoms with Gasteiger partial charge in [-0.2, -0.15) is 0 Å². The van der Waals surface area contributed by atoms with E-state index in [1.165, 1.54) is 17.0 Å². The van der Waals surface area contributed by atoms with Gasteiger partial charge < -0.3 is 15.0 Å². The number of sulfonamides is 1. The van der Waals surface area contributed by atoms with Gasteiger partial charge in [-0.15, -0.1) is 0 Å². The Morgan fingerprint density at radius 2 is 1.35 bits per heavy atom. The van der Waals surface area contributed by atoms with Crippen molar-refractivity contribution in [2.75, 3.05) is 10.8 Å². The van der Waals surface area contributed by atoms with Gasteiger partial charge in [0.1, 0.15) is 24.1 Å². The largest absolute Gasteiger partial charge is 0.457 e. The fourth-order valence-corrected chi connectivity index (χ4v) is 7.14. The van der Waals surface area contributed by atoms with Crippen molar-refractivity contribution in [2.24, 2.45) is 0 Å². The molecule has 0 aromatic heterocycles. The molecule has 51 heavy (non-hydrogen) atoms. The molecule has 0 aliphatic heterocycles. The Balaban J connectivity index is 1.57. The number of halogens is 1. The van der Waals surface area contributed by atoms with Gasteiger partial charge in [-0.1, -0.05) is 90.0 Å². The van der Waals surface area contributed by atoms with Crippen LogP contribution >= 0.6 is 11.6 Å². The van der Waals surface area contributed by atoms with Crippen molar-refractivity contribution in [3.05, 3.63) is 155 Å². The van der Waals surface area contributed by atoms with Gasteiger partial charge in [0.2, 0.25) is 11.8 Å². The number of para-hydroxylation sites is 1. The predicted molar refractivity (Wildman–Crippen MR) is 203 cm³/mol. The summed E-state index contributed by atoms with van der Waals surface area (Å²) in [7, 11) is -4.26. The van der Waals surface area contributed by atoms with E-state index in [9.17, 15) is 18.0 Å². The summed E-state index contributed by atoms with van der Waals surface area (Å²) >= 11 is 6.35. The second-order valence-corrected chi connectivity index (χ2v) is 15.6. The molecule has 264 valence electrons. The van der Waals surface area contributed by atoms with Crippen LogP contribution in [-0.4, -0.2) is 43.3 Å². The van der Waals surface area contributed by atoms with Gasteiger partial charge in [0.15, 0.2) is 0 Å². The number of ether oxygens (including phenoxy) is 1. The Morgan fingerprint density at radius 1 is 0.765 bits per heavy atom. The summed E-state index contributed by atoms with van der Waals surface area (Å²) in [6, 6.07) is 37.7. The Hall–Kier alpha value is -5.12. The lowest BCUT2D eigenvalue weighted by Gasteiger charge is -2.35. The van der Waals surface area contributed by atoms with Gasteiger partial charge in [-0.3, -0.25) is 13.9 Å². The third-order valence-corrected chi connectivity index (χ3v) is 10.0. The van der Waals surface area contributed by atoms with Crippen LogP contribution in [0.1, 0.15) is 37.5 Å². The highest BCUT2D eigenvalue weighted by molar-refractivity contribution is 7.92. The smallest absolute Gasteiger partial charge is 0.264 e. The van der Waals surface area contributed by atoms with Gasteiger partial charge in [-0.05, 0) is 99.5 Å². The highest BCUT2D eigenvalue weighted by atomic mass is 35.5. The molecule has 0 aliphatic rings. The van der Waals surface area contributed by atoms with E-state index >= 15 is 0 Å². The number of rotatable bonds is 13. The monoisotopic (exact) mass is 723 g/mol. The summed E-state index contributed by atoms with van der Waals surface area (Å²) in [6.07, 6.45) is 0.200. The van der Waals surface area contributed by atoms with Gasteiger partial charge in [0.05, 0.1) is 10.6 Å². The molecule has 5 rings (SSSR count). The summed E-state index contributed by atoms with van der Waals surface area (Å²) in [5.74, 6) is 0.185. The summed E-state index contributed by atoms with van der Waals surface area (Å²) in [4.78, 5) is 30.3. The second kappa shape index (κ2) is 16.3. The first-order valence-electron chi connectivity index (χ1n) is 16.6. The molecular formula is C41H42ClN3O5S. The summed E-state index contributed by atoms with van der Waals surface area (Å²) in [6.45, 7) is 6.91. The molecular weight excluding hydrogens is 682 g/mol. The van der Waals surface area contributed by atoms with Crippen LogP contribution in [-0.2, 0) is 32.6 Å². The minimum atomic E-state index is -4.26. The number of benzene rings is 5. The molecule has 5 aromatic rings. The molecule has 0 unspecified atom stereocenters. The molecule has 2 amide bonds. The molecule has 5 aromatic carbocycles. The number of nitrogens with one attached hydrogen (secondary N) is 1. The normalized spacial score (nSPS) is 12.1. The maximum atomic E-state index is 14.7. The van der Waals surface area contributed by atoms with E-state index in [1.807, 2.05) is 94.4 Å². The van der Waals surface area contributed by atoms with Crippen molar-refractivity contribution < 1.29 is 22.7 Å². The Kier molecular flexibility index (Phi) is 11.8. The van der Waals surface area contributed by atoms with Crippen molar-refractivity contribution >= 4 is 39.1 Å². The summed E-state index contributed by atoms with van der Waals surface area (Å²) in [5.41, 5.74) is 2.08. The van der Waals surface area contributed by atoms with E-state index in [4.69, 9.17) is 16.3 Å². The topological polar surface area (TPSA) is 96.0 Å². The number of anilines is 1. The number of amides is 2. The van der Waals surface area contributed by atoms with Crippen LogP contribution in [0.15, 0.2) is 138 Å². The Labute approximate surface area is 305 Å². The Bertz CT molecular complexity index is 2030. The molecule has 1 N–H and O–H groups in total. The van der Waals surface area contributed by atoms with Crippen molar-refractivity contribution in [2.45, 2.75) is 57.1 Å². The molecule has 8 nitrogen and oxygen atoms in total. The van der Waals surface area contributed by atoms with E-state index in [1.54, 1.807) is 54.6 Å². The lowest BCUT2D eigenvalue weighted by molar-refractivity contribution is -0.140. The number of carbonyl (C=O) groups excluding carboxylic acids is 2.